The molecule has 0 aliphatic carbocycles. The van der Waals surface area contributed by atoms with Gasteiger partial charge in [-0.15, -0.1) is 0 Å². The van der Waals surface area contributed by atoms with Gasteiger partial charge >= 0.3 is 5.97 Å². The molecule has 6 nitrogen and oxygen atoms in total. The maximum Gasteiger partial charge on any atom is 0.313 e. The van der Waals surface area contributed by atoms with E-state index in [1.165, 1.54) is 18.4 Å². The quantitative estimate of drug-likeness (QED) is 0.360. The minimum atomic E-state index is -1.01. The lowest BCUT2D eigenvalue weighted by Gasteiger charge is -2.29. The van der Waals surface area contributed by atoms with Gasteiger partial charge in [0.05, 0.1) is 19.3 Å². The van der Waals surface area contributed by atoms with Crippen molar-refractivity contribution in [1.29, 1.82) is 0 Å². The van der Waals surface area contributed by atoms with Gasteiger partial charge in [0.1, 0.15) is 18.0 Å². The van der Waals surface area contributed by atoms with Crippen LogP contribution in [0.1, 0.15) is 30.4 Å². The topological polar surface area (TPSA) is 87.9 Å². The molecule has 0 amide bonds. The Balaban J connectivity index is 2.16. The number of hydrogen-bond acceptors (Lipinski definition) is 7. The van der Waals surface area contributed by atoms with Crippen LogP contribution in [0.15, 0.2) is 41.1 Å². The van der Waals surface area contributed by atoms with Gasteiger partial charge in [-0.1, -0.05) is 12.1 Å². The second-order valence-electron chi connectivity index (χ2n) is 6.17. The van der Waals surface area contributed by atoms with Gasteiger partial charge in [-0.3, -0.25) is 9.59 Å². The molecule has 2 rings (SSSR count). The Labute approximate surface area is 163 Å². The number of nitrogens with two attached hydrogens (primary N) is 1. The molecule has 0 aliphatic heterocycles. The van der Waals surface area contributed by atoms with Crippen LogP contribution in [-0.4, -0.2) is 39.2 Å². The average Bonchev–Trinajstić information content (AvgIpc) is 3.21. The number of carbonyl (C=O) groups excluding carboxylic acids is 2. The molecule has 1 atom stereocenters. The number of hydrogen-bond donors (Lipinski definition) is 1. The molecule has 2 N–H and O–H groups in total. The van der Waals surface area contributed by atoms with Crippen LogP contribution in [0.4, 0.5) is 0 Å². The van der Waals surface area contributed by atoms with Crippen molar-refractivity contribution in [3.8, 4) is 5.75 Å². The molecule has 0 bridgehead atoms. The number of benzene rings is 1. The first kappa shape index (κ1) is 21.1. The van der Waals surface area contributed by atoms with Crippen LogP contribution in [0.2, 0.25) is 0 Å². The van der Waals surface area contributed by atoms with Crippen LogP contribution in [-0.2, 0) is 24.6 Å². The number of carbonyl (C=O) groups is 2. The number of methoxy groups -OCH3 is 2. The number of ketones is 1. The van der Waals surface area contributed by atoms with Crippen molar-refractivity contribution >= 4 is 23.1 Å². The highest BCUT2D eigenvalue weighted by Crippen LogP contribution is 2.33. The Morgan fingerprint density at radius 2 is 1.81 bits per heavy atom. The van der Waals surface area contributed by atoms with E-state index >= 15 is 0 Å². The van der Waals surface area contributed by atoms with E-state index in [0.29, 0.717) is 13.2 Å². The molecule has 0 aliphatic rings. The normalized spacial score (nSPS) is 13.0. The fourth-order valence-electron chi connectivity index (χ4n) is 2.74. The minimum Gasteiger partial charge on any atom is -0.494 e. The second-order valence-corrected chi connectivity index (χ2v) is 6.95. The molecule has 0 radical (unpaired) electrons. The summed E-state index contributed by atoms with van der Waals surface area (Å²) < 4.78 is 15.2. The number of rotatable bonds is 11. The third kappa shape index (κ3) is 5.89. The van der Waals surface area contributed by atoms with E-state index in [0.717, 1.165) is 23.3 Å². The van der Waals surface area contributed by atoms with Crippen molar-refractivity contribution in [3.63, 3.8) is 0 Å². The summed E-state index contributed by atoms with van der Waals surface area (Å²) in [6.45, 7) is 1.20. The Hall–Kier alpha value is -2.22. The smallest absolute Gasteiger partial charge is 0.313 e. The zero-order chi connectivity index (χ0) is 19.7. The standard InChI is InChI=1S/C20H25NO5S/c1-24-9-3-10-26-18-6-4-15(5-7-18)20(21,16-8-11-27-14-16)13-17(22)12-19(23)25-2/h4-8,11,14H,3,9-10,12-13,21H2,1-2H3. The third-order valence-electron chi connectivity index (χ3n) is 4.21. The fraction of sp³-hybridized carbons (Fsp3) is 0.400. The van der Waals surface area contributed by atoms with Crippen LogP contribution < -0.4 is 10.5 Å². The highest BCUT2D eigenvalue weighted by atomic mass is 32.1. The van der Waals surface area contributed by atoms with Crippen molar-refractivity contribution in [2.75, 3.05) is 27.4 Å². The van der Waals surface area contributed by atoms with E-state index in [-0.39, 0.29) is 18.6 Å². The molecule has 1 unspecified atom stereocenters. The third-order valence-corrected chi connectivity index (χ3v) is 4.90. The van der Waals surface area contributed by atoms with Crippen molar-refractivity contribution in [2.45, 2.75) is 24.8 Å². The van der Waals surface area contributed by atoms with Gasteiger partial charge in [0.25, 0.3) is 0 Å². The Kier molecular flexibility index (Phi) is 7.97. The van der Waals surface area contributed by atoms with E-state index in [9.17, 15) is 9.59 Å². The summed E-state index contributed by atoms with van der Waals surface area (Å²) in [5.74, 6) is -0.105. The fourth-order valence-corrected chi connectivity index (χ4v) is 3.48. The molecule has 27 heavy (non-hydrogen) atoms. The summed E-state index contributed by atoms with van der Waals surface area (Å²) in [4.78, 5) is 23.8. The Morgan fingerprint density at radius 3 is 2.41 bits per heavy atom. The average molecular weight is 391 g/mol. The Morgan fingerprint density at radius 1 is 1.07 bits per heavy atom. The van der Waals surface area contributed by atoms with Crippen molar-refractivity contribution in [2.24, 2.45) is 5.73 Å². The van der Waals surface area contributed by atoms with Gasteiger partial charge in [0.2, 0.25) is 0 Å². The second kappa shape index (κ2) is 10.2. The summed E-state index contributed by atoms with van der Waals surface area (Å²) in [6, 6.07) is 9.27. The Bertz CT molecular complexity index is 729. The molecule has 0 saturated heterocycles. The molecule has 146 valence electrons. The summed E-state index contributed by atoms with van der Waals surface area (Å²) in [5.41, 5.74) is 7.27. The molecule has 0 fully saturated rings. The molecule has 2 aromatic rings. The summed E-state index contributed by atoms with van der Waals surface area (Å²) in [5, 5.41) is 3.83. The SMILES string of the molecule is COCCCOc1ccc(C(N)(CC(=O)CC(=O)OC)c2ccsc2)cc1. The molecule has 0 spiro atoms. The summed E-state index contributed by atoms with van der Waals surface area (Å²) >= 11 is 1.51. The first-order valence-corrected chi connectivity index (χ1v) is 9.56. The van der Waals surface area contributed by atoms with E-state index < -0.39 is 11.5 Å². The monoisotopic (exact) mass is 391 g/mol. The van der Waals surface area contributed by atoms with E-state index in [1.807, 2.05) is 41.1 Å². The van der Waals surface area contributed by atoms with Gasteiger partial charge in [0, 0.05) is 26.6 Å². The predicted octanol–water partition coefficient (Wildman–Crippen LogP) is 2.89. The van der Waals surface area contributed by atoms with E-state index in [4.69, 9.17) is 15.2 Å². The minimum absolute atomic E-state index is 0.00682. The van der Waals surface area contributed by atoms with Gasteiger partial charge in [0.15, 0.2) is 0 Å². The lowest BCUT2D eigenvalue weighted by molar-refractivity contribution is -0.143. The van der Waals surface area contributed by atoms with E-state index in [2.05, 4.69) is 4.74 Å². The molecular formula is C20H25NO5S. The zero-order valence-corrected chi connectivity index (χ0v) is 16.4. The van der Waals surface area contributed by atoms with Crippen LogP contribution in [0.5, 0.6) is 5.75 Å². The molecular weight excluding hydrogens is 366 g/mol. The zero-order valence-electron chi connectivity index (χ0n) is 15.6. The number of esters is 1. The van der Waals surface area contributed by atoms with Crippen molar-refractivity contribution < 1.29 is 23.8 Å². The first-order chi connectivity index (χ1) is 13.0. The number of ether oxygens (including phenoxy) is 3. The predicted molar refractivity (Wildman–Crippen MR) is 104 cm³/mol. The lowest BCUT2D eigenvalue weighted by atomic mass is 9.80. The maximum absolute atomic E-state index is 12.4. The molecule has 1 heterocycles. The lowest BCUT2D eigenvalue weighted by Crippen LogP contribution is -2.40. The number of Topliss-reactive ketones (excluding diaryl/α,β-unsaturated/α-hetero) is 1. The molecule has 1 aromatic heterocycles. The maximum atomic E-state index is 12.4. The summed E-state index contributed by atoms with van der Waals surface area (Å²) in [7, 11) is 2.91. The molecule has 0 saturated carbocycles. The molecule has 7 heteroatoms. The van der Waals surface area contributed by atoms with Gasteiger partial charge in [-0.25, -0.2) is 0 Å². The van der Waals surface area contributed by atoms with Crippen molar-refractivity contribution in [1.82, 2.24) is 0 Å². The van der Waals surface area contributed by atoms with Gasteiger partial charge < -0.3 is 19.9 Å². The van der Waals surface area contributed by atoms with Crippen molar-refractivity contribution in [3.05, 3.63) is 52.2 Å². The van der Waals surface area contributed by atoms with Crippen LogP contribution in [0.3, 0.4) is 0 Å². The van der Waals surface area contributed by atoms with E-state index in [1.54, 1.807) is 7.11 Å². The van der Waals surface area contributed by atoms with Crippen LogP contribution >= 0.6 is 11.3 Å². The van der Waals surface area contributed by atoms with Crippen LogP contribution in [0, 0.1) is 0 Å². The largest absolute Gasteiger partial charge is 0.494 e. The summed E-state index contributed by atoms with van der Waals surface area (Å²) in [6.07, 6.45) is 0.517. The number of thiophene rings is 1. The highest BCUT2D eigenvalue weighted by molar-refractivity contribution is 7.08. The first-order valence-electron chi connectivity index (χ1n) is 8.62. The van der Waals surface area contributed by atoms with Crippen LogP contribution in [0.25, 0.3) is 0 Å². The highest BCUT2D eigenvalue weighted by Gasteiger charge is 2.33. The molecule has 1 aromatic carbocycles. The van der Waals surface area contributed by atoms with Gasteiger partial charge in [-0.05, 0) is 40.1 Å². The van der Waals surface area contributed by atoms with Gasteiger partial charge in [-0.2, -0.15) is 11.3 Å².